The van der Waals surface area contributed by atoms with Crippen molar-refractivity contribution in [2.75, 3.05) is 20.8 Å². The number of rotatable bonds is 9. The molecule has 232 valence electrons. The van der Waals surface area contributed by atoms with Crippen LogP contribution in [0.5, 0.6) is 11.5 Å². The number of aromatic nitrogens is 3. The fraction of sp³-hybridized carbons (Fsp3) is 0.143. The number of para-hydroxylation sites is 1. The number of esters is 1. The van der Waals surface area contributed by atoms with E-state index in [2.05, 4.69) is 22.5 Å². The zero-order valence-electron chi connectivity index (χ0n) is 25.3. The summed E-state index contributed by atoms with van der Waals surface area (Å²) in [6.07, 6.45) is 5.22. The van der Waals surface area contributed by atoms with E-state index in [1.807, 2.05) is 72.9 Å². The van der Waals surface area contributed by atoms with E-state index < -0.39 is 12.0 Å². The predicted molar refractivity (Wildman–Crippen MR) is 181 cm³/mol. The predicted octanol–water partition coefficient (Wildman–Crippen LogP) is 5.60. The summed E-state index contributed by atoms with van der Waals surface area (Å²) in [7, 11) is 3.19. The quantitative estimate of drug-likeness (QED) is 0.147. The van der Waals surface area contributed by atoms with Gasteiger partial charge in [-0.05, 0) is 77.0 Å². The maximum atomic E-state index is 14.3. The number of nitrogens with zero attached hydrogens (tertiary/aromatic N) is 4. The van der Waals surface area contributed by atoms with Crippen molar-refractivity contribution >= 4 is 39.3 Å². The summed E-state index contributed by atoms with van der Waals surface area (Å²) in [6, 6.07) is 22.0. The molecule has 0 saturated heterocycles. The third kappa shape index (κ3) is 5.86. The zero-order chi connectivity index (χ0) is 32.4. The van der Waals surface area contributed by atoms with Crippen LogP contribution in [0.2, 0.25) is 0 Å². The minimum atomic E-state index is -0.759. The summed E-state index contributed by atoms with van der Waals surface area (Å²) in [5.74, 6) is 0.783. The molecule has 0 fully saturated rings. The number of carbonyl (C=O) groups excluding carboxylic acids is 1. The van der Waals surface area contributed by atoms with Crippen molar-refractivity contribution in [2.45, 2.75) is 13.0 Å². The average Bonchev–Trinajstić information content (AvgIpc) is 3.63. The highest BCUT2D eigenvalue weighted by molar-refractivity contribution is 9.10. The van der Waals surface area contributed by atoms with Gasteiger partial charge in [-0.25, -0.2) is 14.5 Å². The van der Waals surface area contributed by atoms with E-state index in [9.17, 15) is 9.59 Å². The Labute approximate surface area is 277 Å². The van der Waals surface area contributed by atoms with Gasteiger partial charge in [-0.15, -0.1) is 0 Å². The van der Waals surface area contributed by atoms with Crippen LogP contribution in [0.3, 0.4) is 0 Å². The highest BCUT2D eigenvalue weighted by Crippen LogP contribution is 2.33. The van der Waals surface area contributed by atoms with E-state index in [-0.39, 0.29) is 17.7 Å². The molecule has 3 heterocycles. The van der Waals surface area contributed by atoms with Gasteiger partial charge in [0, 0.05) is 17.3 Å². The fourth-order valence-corrected chi connectivity index (χ4v) is 6.86. The van der Waals surface area contributed by atoms with Crippen LogP contribution < -0.4 is 24.4 Å². The highest BCUT2D eigenvalue weighted by atomic mass is 79.9. The van der Waals surface area contributed by atoms with E-state index in [0.29, 0.717) is 37.8 Å². The molecule has 6 rings (SSSR count). The second kappa shape index (κ2) is 13.2. The minimum absolute atomic E-state index is 0.0328. The molecule has 0 amide bonds. The normalized spacial score (nSPS) is 14.4. The van der Waals surface area contributed by atoms with Crippen LogP contribution in [0.4, 0.5) is 0 Å². The van der Waals surface area contributed by atoms with Crippen LogP contribution in [0.25, 0.3) is 23.0 Å². The topological polar surface area (TPSA) is 96.9 Å². The van der Waals surface area contributed by atoms with Gasteiger partial charge in [0.2, 0.25) is 0 Å². The second-order valence-corrected chi connectivity index (χ2v) is 12.2. The van der Waals surface area contributed by atoms with Gasteiger partial charge in [0.05, 0.1) is 46.2 Å². The molecule has 5 aromatic rings. The van der Waals surface area contributed by atoms with Crippen molar-refractivity contribution in [3.05, 3.63) is 138 Å². The molecule has 46 heavy (non-hydrogen) atoms. The Morgan fingerprint density at radius 2 is 1.83 bits per heavy atom. The van der Waals surface area contributed by atoms with Crippen LogP contribution in [0, 0.1) is 0 Å². The van der Waals surface area contributed by atoms with Gasteiger partial charge < -0.3 is 14.2 Å². The third-order valence-corrected chi connectivity index (χ3v) is 9.08. The van der Waals surface area contributed by atoms with Crippen molar-refractivity contribution in [2.24, 2.45) is 4.99 Å². The van der Waals surface area contributed by atoms with Crippen LogP contribution in [-0.2, 0) is 9.53 Å². The summed E-state index contributed by atoms with van der Waals surface area (Å²) in [5.41, 5.74) is 4.29. The second-order valence-electron chi connectivity index (χ2n) is 10.3. The van der Waals surface area contributed by atoms with Crippen molar-refractivity contribution in [3.8, 4) is 28.4 Å². The lowest BCUT2D eigenvalue weighted by molar-refractivity contribution is -0.138. The lowest BCUT2D eigenvalue weighted by atomic mass is 9.96. The zero-order valence-corrected chi connectivity index (χ0v) is 27.7. The summed E-state index contributed by atoms with van der Waals surface area (Å²) < 4.78 is 20.8. The molecule has 0 saturated carbocycles. The number of methoxy groups -OCH3 is 2. The number of ether oxygens (including phenoxy) is 3. The lowest BCUT2D eigenvalue weighted by Gasteiger charge is -2.24. The molecule has 1 unspecified atom stereocenters. The van der Waals surface area contributed by atoms with Gasteiger partial charge >= 0.3 is 5.97 Å². The Bertz CT molecular complexity index is 2160. The first kappa shape index (κ1) is 31.0. The molecule has 1 aliphatic heterocycles. The number of hydrogen-bond acceptors (Lipinski definition) is 8. The number of carbonyl (C=O) groups is 1. The molecule has 0 spiro atoms. The average molecular weight is 698 g/mol. The number of hydrogen-bond donors (Lipinski definition) is 0. The maximum Gasteiger partial charge on any atom is 0.338 e. The first-order chi connectivity index (χ1) is 22.3. The van der Waals surface area contributed by atoms with Crippen molar-refractivity contribution < 1.29 is 19.0 Å². The first-order valence-corrected chi connectivity index (χ1v) is 15.9. The van der Waals surface area contributed by atoms with Gasteiger partial charge in [-0.3, -0.25) is 9.36 Å². The number of halogens is 1. The lowest BCUT2D eigenvalue weighted by Crippen LogP contribution is -2.39. The Morgan fingerprint density at radius 3 is 2.50 bits per heavy atom. The Balaban J connectivity index is 1.55. The van der Waals surface area contributed by atoms with E-state index in [1.54, 1.807) is 42.5 Å². The molecule has 9 nitrogen and oxygen atoms in total. The fourth-order valence-electron chi connectivity index (χ4n) is 5.28. The summed E-state index contributed by atoms with van der Waals surface area (Å²) in [5, 5.41) is 4.92. The molecule has 0 radical (unpaired) electrons. The van der Waals surface area contributed by atoms with Gasteiger partial charge in [0.1, 0.15) is 23.8 Å². The number of thiazole rings is 1. The molecular formula is C35H29BrN4O5S. The van der Waals surface area contributed by atoms with Gasteiger partial charge in [-0.2, -0.15) is 5.10 Å². The molecule has 1 atom stereocenters. The minimum Gasteiger partial charge on any atom is -0.497 e. The van der Waals surface area contributed by atoms with Crippen LogP contribution in [0.1, 0.15) is 24.1 Å². The van der Waals surface area contributed by atoms with Gasteiger partial charge in [0.25, 0.3) is 5.56 Å². The van der Waals surface area contributed by atoms with Gasteiger partial charge in [0.15, 0.2) is 4.80 Å². The van der Waals surface area contributed by atoms with E-state index in [4.69, 9.17) is 24.3 Å². The largest absolute Gasteiger partial charge is 0.497 e. The maximum absolute atomic E-state index is 14.3. The molecule has 3 aromatic carbocycles. The molecule has 11 heteroatoms. The SMILES string of the molecule is C=CCOC(=O)C1=C(C)N=c2s/c(=C/c3cn(-c4ccccc4)nc3-c3ccc(OC)c(Br)c3)c(=O)n2C1c1ccc(OC)cc1. The van der Waals surface area contributed by atoms with Gasteiger partial charge in [-0.1, -0.05) is 54.3 Å². The van der Waals surface area contributed by atoms with Crippen LogP contribution in [0.15, 0.2) is 117 Å². The standard InChI is InChI=1S/C35H29BrN4O5S/c1-5-17-45-34(42)30-21(2)37-35-40(32(30)22-11-14-26(43-3)15-12-22)33(41)29(46-35)19-24-20-39(25-9-7-6-8-10-25)38-31(24)23-13-16-28(44-4)27(36)18-23/h5-16,18-20,32H,1,17H2,2-4H3/b29-19+. The van der Waals surface area contributed by atoms with E-state index >= 15 is 0 Å². The van der Waals surface area contributed by atoms with E-state index in [0.717, 1.165) is 21.3 Å². The molecular weight excluding hydrogens is 668 g/mol. The molecule has 0 N–H and O–H groups in total. The third-order valence-electron chi connectivity index (χ3n) is 7.48. The van der Waals surface area contributed by atoms with Crippen molar-refractivity contribution in [1.82, 2.24) is 14.3 Å². The molecule has 2 aromatic heterocycles. The number of allylic oxidation sites excluding steroid dienone is 1. The molecule has 0 aliphatic carbocycles. The highest BCUT2D eigenvalue weighted by Gasteiger charge is 2.33. The Kier molecular flexibility index (Phi) is 8.87. The first-order valence-electron chi connectivity index (χ1n) is 14.3. The number of benzene rings is 3. The summed E-state index contributed by atoms with van der Waals surface area (Å²) >= 11 is 4.84. The summed E-state index contributed by atoms with van der Waals surface area (Å²) in [4.78, 5) is 32.8. The monoisotopic (exact) mass is 696 g/mol. The smallest absolute Gasteiger partial charge is 0.338 e. The van der Waals surface area contributed by atoms with Crippen LogP contribution >= 0.6 is 27.3 Å². The summed E-state index contributed by atoms with van der Waals surface area (Å²) in [6.45, 7) is 5.43. The van der Waals surface area contributed by atoms with Crippen molar-refractivity contribution in [1.29, 1.82) is 0 Å². The van der Waals surface area contributed by atoms with Crippen molar-refractivity contribution in [3.63, 3.8) is 0 Å². The Morgan fingerprint density at radius 1 is 1.07 bits per heavy atom. The molecule has 1 aliphatic rings. The van der Waals surface area contributed by atoms with E-state index in [1.165, 1.54) is 17.4 Å². The Hall–Kier alpha value is -5.00. The van der Waals surface area contributed by atoms with Crippen LogP contribution in [-0.4, -0.2) is 41.1 Å². The molecule has 0 bridgehead atoms. The number of fused-ring (bicyclic) bond motifs is 1.